The minimum atomic E-state index is 0. The number of fused-ring (bicyclic) bond motifs is 1. The number of phenols is 1. The molecule has 2 aromatic rings. The van der Waals surface area contributed by atoms with Crippen LogP contribution in [0.25, 0.3) is 11.0 Å². The van der Waals surface area contributed by atoms with Gasteiger partial charge >= 0.3 is 0 Å². The van der Waals surface area contributed by atoms with Gasteiger partial charge in [-0.1, -0.05) is 6.42 Å². The smallest absolute Gasteiger partial charge is 0.122 e. The van der Waals surface area contributed by atoms with Crippen molar-refractivity contribution in [2.24, 2.45) is 0 Å². The number of imidazole rings is 1. The Morgan fingerprint density at radius 1 is 1.22 bits per heavy atom. The summed E-state index contributed by atoms with van der Waals surface area (Å²) in [5.74, 6) is 0.357. The Morgan fingerprint density at radius 2 is 2.00 bits per heavy atom. The molecule has 2 N–H and O–H groups in total. The molecule has 1 aliphatic rings. The number of piperidine rings is 1. The monoisotopic (exact) mass is 267 g/mol. The highest BCUT2D eigenvalue weighted by Gasteiger charge is 2.15. The van der Waals surface area contributed by atoms with Crippen LogP contribution in [-0.2, 0) is 6.54 Å². The van der Waals surface area contributed by atoms with Gasteiger partial charge in [-0.2, -0.15) is 0 Å². The molecule has 1 aliphatic heterocycles. The van der Waals surface area contributed by atoms with E-state index in [1.807, 2.05) is 6.07 Å². The second kappa shape index (κ2) is 5.59. The first-order valence-corrected chi connectivity index (χ1v) is 6.21. The quantitative estimate of drug-likeness (QED) is 0.880. The van der Waals surface area contributed by atoms with E-state index in [0.717, 1.165) is 36.2 Å². The summed E-state index contributed by atoms with van der Waals surface area (Å²) in [6, 6.07) is 3.62. The fourth-order valence-electron chi connectivity index (χ4n) is 2.55. The van der Waals surface area contributed by atoms with Crippen LogP contribution in [0.5, 0.6) is 5.75 Å². The average Bonchev–Trinajstić information content (AvgIpc) is 2.83. The third-order valence-electron chi connectivity index (χ3n) is 3.50. The van der Waals surface area contributed by atoms with Gasteiger partial charge in [0.25, 0.3) is 0 Å². The lowest BCUT2D eigenvalue weighted by Gasteiger charge is -2.26. The van der Waals surface area contributed by atoms with Gasteiger partial charge in [0.1, 0.15) is 5.75 Å². The number of rotatable bonds is 2. The van der Waals surface area contributed by atoms with E-state index in [-0.39, 0.29) is 12.4 Å². The first kappa shape index (κ1) is 13.2. The van der Waals surface area contributed by atoms with Crippen LogP contribution in [0.1, 0.15) is 24.8 Å². The molecule has 3 rings (SSSR count). The van der Waals surface area contributed by atoms with Crippen LogP contribution in [-0.4, -0.2) is 33.1 Å². The molecule has 1 saturated heterocycles. The third kappa shape index (κ3) is 2.44. The molecular weight excluding hydrogens is 250 g/mol. The fourth-order valence-corrected chi connectivity index (χ4v) is 2.55. The zero-order valence-corrected chi connectivity index (χ0v) is 11.0. The van der Waals surface area contributed by atoms with E-state index < -0.39 is 0 Å². The third-order valence-corrected chi connectivity index (χ3v) is 3.50. The van der Waals surface area contributed by atoms with Crippen molar-refractivity contribution < 1.29 is 5.11 Å². The van der Waals surface area contributed by atoms with E-state index in [2.05, 4.69) is 14.9 Å². The minimum absolute atomic E-state index is 0. The second-order valence-corrected chi connectivity index (χ2v) is 4.70. The number of benzene rings is 1. The number of nitrogens with one attached hydrogen (secondary N) is 1. The van der Waals surface area contributed by atoms with Crippen molar-refractivity contribution in [3.05, 3.63) is 24.0 Å². The molecule has 0 aliphatic carbocycles. The van der Waals surface area contributed by atoms with Gasteiger partial charge < -0.3 is 10.1 Å². The van der Waals surface area contributed by atoms with E-state index in [0.29, 0.717) is 5.75 Å². The van der Waals surface area contributed by atoms with Gasteiger partial charge in [-0.15, -0.1) is 12.4 Å². The molecule has 1 fully saturated rings. The lowest BCUT2D eigenvalue weighted by Crippen LogP contribution is -2.29. The van der Waals surface area contributed by atoms with Crippen LogP contribution in [0.4, 0.5) is 0 Å². The van der Waals surface area contributed by atoms with E-state index in [4.69, 9.17) is 0 Å². The van der Waals surface area contributed by atoms with Crippen LogP contribution in [0.15, 0.2) is 18.5 Å². The van der Waals surface area contributed by atoms with Gasteiger partial charge in [0.05, 0.1) is 17.4 Å². The molecule has 18 heavy (non-hydrogen) atoms. The molecule has 0 saturated carbocycles. The van der Waals surface area contributed by atoms with Crippen LogP contribution in [0.3, 0.4) is 0 Å². The van der Waals surface area contributed by atoms with E-state index in [9.17, 15) is 5.11 Å². The van der Waals surface area contributed by atoms with E-state index in [1.165, 1.54) is 19.3 Å². The normalized spacial score (nSPS) is 16.7. The van der Waals surface area contributed by atoms with Gasteiger partial charge in [0.2, 0.25) is 0 Å². The lowest BCUT2D eigenvalue weighted by molar-refractivity contribution is 0.219. The van der Waals surface area contributed by atoms with Crippen molar-refractivity contribution in [2.45, 2.75) is 25.8 Å². The van der Waals surface area contributed by atoms with Crippen molar-refractivity contribution in [1.29, 1.82) is 0 Å². The van der Waals surface area contributed by atoms with Crippen LogP contribution in [0.2, 0.25) is 0 Å². The predicted molar refractivity (Wildman–Crippen MR) is 74.1 cm³/mol. The summed E-state index contributed by atoms with van der Waals surface area (Å²) in [6.45, 7) is 3.05. The molecule has 0 radical (unpaired) electrons. The van der Waals surface area contributed by atoms with Gasteiger partial charge in [-0.05, 0) is 38.1 Å². The maximum Gasteiger partial charge on any atom is 0.122 e. The zero-order valence-electron chi connectivity index (χ0n) is 10.2. The number of aromatic nitrogens is 2. The van der Waals surface area contributed by atoms with Crippen molar-refractivity contribution in [2.75, 3.05) is 13.1 Å². The van der Waals surface area contributed by atoms with E-state index in [1.54, 1.807) is 12.4 Å². The summed E-state index contributed by atoms with van der Waals surface area (Å²) >= 11 is 0. The molecule has 0 spiro atoms. The predicted octanol–water partition coefficient (Wildman–Crippen LogP) is 2.68. The fraction of sp³-hybridized carbons (Fsp3) is 0.462. The highest BCUT2D eigenvalue weighted by atomic mass is 35.5. The van der Waals surface area contributed by atoms with Crippen molar-refractivity contribution >= 4 is 23.4 Å². The maximum atomic E-state index is 9.98. The molecule has 0 unspecified atom stereocenters. The molecule has 1 aromatic heterocycles. The highest BCUT2D eigenvalue weighted by Crippen LogP contribution is 2.27. The molecular formula is C13H18ClN3O. The number of aromatic amines is 1. The Morgan fingerprint density at radius 3 is 2.78 bits per heavy atom. The van der Waals surface area contributed by atoms with Gasteiger partial charge in [-0.3, -0.25) is 4.90 Å². The Balaban J connectivity index is 0.00000120. The van der Waals surface area contributed by atoms with E-state index >= 15 is 0 Å². The van der Waals surface area contributed by atoms with Gasteiger partial charge in [-0.25, -0.2) is 4.98 Å². The van der Waals surface area contributed by atoms with Crippen LogP contribution < -0.4 is 0 Å². The zero-order chi connectivity index (χ0) is 11.7. The number of halogens is 1. The molecule has 0 bridgehead atoms. The van der Waals surface area contributed by atoms with Crippen molar-refractivity contribution in [3.63, 3.8) is 0 Å². The molecule has 0 atom stereocenters. The largest absolute Gasteiger partial charge is 0.508 e. The number of H-pyrrole nitrogens is 1. The van der Waals surface area contributed by atoms with Crippen molar-refractivity contribution in [3.8, 4) is 5.75 Å². The number of phenolic OH excluding ortho intramolecular Hbond substituents is 1. The number of aromatic hydroxyl groups is 1. The summed E-state index contributed by atoms with van der Waals surface area (Å²) in [5.41, 5.74) is 2.84. The van der Waals surface area contributed by atoms with Crippen molar-refractivity contribution in [1.82, 2.24) is 14.9 Å². The first-order chi connectivity index (χ1) is 8.34. The van der Waals surface area contributed by atoms with Crippen LogP contribution in [0, 0.1) is 0 Å². The summed E-state index contributed by atoms with van der Waals surface area (Å²) in [7, 11) is 0. The number of hydrogen-bond acceptors (Lipinski definition) is 3. The molecule has 5 heteroatoms. The summed E-state index contributed by atoms with van der Waals surface area (Å²) in [4.78, 5) is 9.78. The standard InChI is InChI=1S/C13H17N3O.ClH/c17-12-5-4-11-13(15-9-14-11)10(12)8-16-6-2-1-3-7-16;/h4-5,9,17H,1-3,6-8H2,(H,14,15);1H. The Hall–Kier alpha value is -1.26. The topological polar surface area (TPSA) is 52.1 Å². The van der Waals surface area contributed by atoms with Gasteiger partial charge in [0, 0.05) is 12.1 Å². The number of nitrogens with zero attached hydrogens (tertiary/aromatic N) is 2. The minimum Gasteiger partial charge on any atom is -0.508 e. The van der Waals surface area contributed by atoms with Crippen LogP contribution >= 0.6 is 12.4 Å². The molecule has 98 valence electrons. The second-order valence-electron chi connectivity index (χ2n) is 4.70. The number of likely N-dealkylation sites (tertiary alicyclic amines) is 1. The lowest BCUT2D eigenvalue weighted by atomic mass is 10.1. The SMILES string of the molecule is Cl.Oc1ccc2[nH]cnc2c1CN1CCCCC1. The Bertz CT molecular complexity index is 520. The number of hydrogen-bond donors (Lipinski definition) is 2. The molecule has 2 heterocycles. The first-order valence-electron chi connectivity index (χ1n) is 6.21. The highest BCUT2D eigenvalue weighted by molar-refractivity contribution is 5.85. The summed E-state index contributed by atoms with van der Waals surface area (Å²) in [6.07, 6.45) is 5.54. The molecule has 0 amide bonds. The summed E-state index contributed by atoms with van der Waals surface area (Å²) in [5, 5.41) is 9.98. The summed E-state index contributed by atoms with van der Waals surface area (Å²) < 4.78 is 0. The Labute approximate surface area is 112 Å². The molecule has 4 nitrogen and oxygen atoms in total. The van der Waals surface area contributed by atoms with Gasteiger partial charge in [0.15, 0.2) is 0 Å². The Kier molecular flexibility index (Phi) is 4.09. The maximum absolute atomic E-state index is 9.98. The molecule has 1 aromatic carbocycles. The average molecular weight is 268 g/mol.